The zero-order valence-electron chi connectivity index (χ0n) is 11.4. The van der Waals surface area contributed by atoms with Crippen molar-refractivity contribution in [1.82, 2.24) is 5.16 Å². The van der Waals surface area contributed by atoms with Gasteiger partial charge in [0.05, 0.1) is 12.3 Å². The summed E-state index contributed by atoms with van der Waals surface area (Å²) < 4.78 is 10.9. The van der Waals surface area contributed by atoms with Gasteiger partial charge in [-0.05, 0) is 36.7 Å². The van der Waals surface area contributed by atoms with Crippen molar-refractivity contribution in [2.75, 3.05) is 13.2 Å². The maximum absolute atomic E-state index is 5.64. The van der Waals surface area contributed by atoms with Crippen LogP contribution in [0, 0.1) is 5.92 Å². The summed E-state index contributed by atoms with van der Waals surface area (Å²) in [5, 5.41) is 3.98. The van der Waals surface area contributed by atoms with Gasteiger partial charge in [-0.3, -0.25) is 0 Å². The van der Waals surface area contributed by atoms with E-state index in [9.17, 15) is 0 Å². The molecule has 0 atom stereocenters. The SMILES string of the molecule is CC(C)COc1ccc(-c2cc(CCN)no2)cc1. The third-order valence-electron chi connectivity index (χ3n) is 2.68. The molecular formula is C15H20N2O2. The second kappa shape index (κ2) is 6.38. The molecule has 0 bridgehead atoms. The fourth-order valence-electron chi connectivity index (χ4n) is 1.69. The van der Waals surface area contributed by atoms with Gasteiger partial charge in [0.1, 0.15) is 5.75 Å². The summed E-state index contributed by atoms with van der Waals surface area (Å²) >= 11 is 0. The number of nitrogens with two attached hydrogens (primary N) is 1. The molecule has 1 aromatic carbocycles. The van der Waals surface area contributed by atoms with Gasteiger partial charge in [-0.1, -0.05) is 19.0 Å². The summed E-state index contributed by atoms with van der Waals surface area (Å²) in [5.41, 5.74) is 7.37. The minimum absolute atomic E-state index is 0.521. The van der Waals surface area contributed by atoms with E-state index in [-0.39, 0.29) is 0 Å². The zero-order valence-corrected chi connectivity index (χ0v) is 11.4. The van der Waals surface area contributed by atoms with Gasteiger partial charge in [-0.15, -0.1) is 0 Å². The van der Waals surface area contributed by atoms with Crippen LogP contribution in [-0.4, -0.2) is 18.3 Å². The van der Waals surface area contributed by atoms with Crippen LogP contribution in [0.5, 0.6) is 5.75 Å². The number of rotatable bonds is 6. The topological polar surface area (TPSA) is 61.3 Å². The highest BCUT2D eigenvalue weighted by Gasteiger charge is 2.06. The molecule has 2 N–H and O–H groups in total. The van der Waals surface area contributed by atoms with Crippen LogP contribution < -0.4 is 10.5 Å². The first-order chi connectivity index (χ1) is 9.19. The fourth-order valence-corrected chi connectivity index (χ4v) is 1.69. The van der Waals surface area contributed by atoms with Gasteiger partial charge in [0, 0.05) is 18.1 Å². The van der Waals surface area contributed by atoms with Crippen LogP contribution in [0.4, 0.5) is 0 Å². The van der Waals surface area contributed by atoms with Gasteiger partial charge in [0.15, 0.2) is 5.76 Å². The highest BCUT2D eigenvalue weighted by Crippen LogP contribution is 2.23. The summed E-state index contributed by atoms with van der Waals surface area (Å²) in [6.07, 6.45) is 0.735. The predicted molar refractivity (Wildman–Crippen MR) is 75.0 cm³/mol. The van der Waals surface area contributed by atoms with Gasteiger partial charge in [-0.2, -0.15) is 0 Å². The van der Waals surface area contributed by atoms with E-state index >= 15 is 0 Å². The van der Waals surface area contributed by atoms with E-state index in [0.29, 0.717) is 12.5 Å². The monoisotopic (exact) mass is 260 g/mol. The smallest absolute Gasteiger partial charge is 0.167 e. The normalized spacial score (nSPS) is 10.9. The molecule has 19 heavy (non-hydrogen) atoms. The number of ether oxygens (including phenoxy) is 1. The molecule has 102 valence electrons. The molecule has 0 amide bonds. The fraction of sp³-hybridized carbons (Fsp3) is 0.400. The van der Waals surface area contributed by atoms with E-state index in [4.69, 9.17) is 15.0 Å². The summed E-state index contributed by atoms with van der Waals surface area (Å²) in [7, 11) is 0. The maximum Gasteiger partial charge on any atom is 0.167 e. The molecule has 4 nitrogen and oxygen atoms in total. The van der Waals surface area contributed by atoms with Gasteiger partial charge >= 0.3 is 0 Å². The molecule has 0 saturated carbocycles. The van der Waals surface area contributed by atoms with Crippen LogP contribution in [0.3, 0.4) is 0 Å². The van der Waals surface area contributed by atoms with Crippen molar-refractivity contribution in [2.45, 2.75) is 20.3 Å². The van der Waals surface area contributed by atoms with Crippen LogP contribution in [-0.2, 0) is 6.42 Å². The highest BCUT2D eigenvalue weighted by atomic mass is 16.5. The molecule has 0 aliphatic rings. The third kappa shape index (κ3) is 3.83. The molecule has 1 aromatic heterocycles. The molecule has 0 radical (unpaired) electrons. The first-order valence-corrected chi connectivity index (χ1v) is 6.58. The second-order valence-corrected chi connectivity index (χ2v) is 4.95. The van der Waals surface area contributed by atoms with E-state index in [1.807, 2.05) is 30.3 Å². The van der Waals surface area contributed by atoms with Crippen molar-refractivity contribution < 1.29 is 9.26 Å². The number of hydrogen-bond donors (Lipinski definition) is 1. The average Bonchev–Trinajstić information content (AvgIpc) is 2.86. The molecule has 1 heterocycles. The van der Waals surface area contributed by atoms with E-state index in [1.54, 1.807) is 0 Å². The first-order valence-electron chi connectivity index (χ1n) is 6.58. The lowest BCUT2D eigenvalue weighted by atomic mass is 10.1. The van der Waals surface area contributed by atoms with Crippen molar-refractivity contribution in [3.05, 3.63) is 36.0 Å². The van der Waals surface area contributed by atoms with Gasteiger partial charge < -0.3 is 15.0 Å². The zero-order chi connectivity index (χ0) is 13.7. The summed E-state index contributed by atoms with van der Waals surface area (Å²) in [6, 6.07) is 9.77. The van der Waals surface area contributed by atoms with Gasteiger partial charge in [-0.25, -0.2) is 0 Å². The number of aromatic nitrogens is 1. The lowest BCUT2D eigenvalue weighted by molar-refractivity contribution is 0.271. The van der Waals surface area contributed by atoms with Gasteiger partial charge in [0.25, 0.3) is 0 Å². The third-order valence-corrected chi connectivity index (χ3v) is 2.68. The number of nitrogens with zero attached hydrogens (tertiary/aromatic N) is 1. The lowest BCUT2D eigenvalue weighted by Crippen LogP contribution is -2.04. The summed E-state index contributed by atoms with van der Waals surface area (Å²) in [6.45, 7) is 5.56. The predicted octanol–water partition coefficient (Wildman–Crippen LogP) is 2.88. The standard InChI is InChI=1S/C15H20N2O2/c1-11(2)10-18-14-5-3-12(4-6-14)15-9-13(7-8-16)17-19-15/h3-6,9,11H,7-8,10,16H2,1-2H3. The molecule has 2 rings (SSSR count). The Labute approximate surface area is 113 Å². The largest absolute Gasteiger partial charge is 0.493 e. The minimum atomic E-state index is 0.521. The Morgan fingerprint density at radius 2 is 2.00 bits per heavy atom. The van der Waals surface area contributed by atoms with Crippen LogP contribution in [0.2, 0.25) is 0 Å². The van der Waals surface area contributed by atoms with E-state index in [0.717, 1.165) is 35.8 Å². The molecule has 0 spiro atoms. The van der Waals surface area contributed by atoms with Gasteiger partial charge in [0.2, 0.25) is 0 Å². The highest BCUT2D eigenvalue weighted by molar-refractivity contribution is 5.58. The van der Waals surface area contributed by atoms with Crippen molar-refractivity contribution in [1.29, 1.82) is 0 Å². The molecule has 0 saturated heterocycles. The number of hydrogen-bond acceptors (Lipinski definition) is 4. The molecule has 4 heteroatoms. The Bertz CT molecular complexity index is 503. The van der Waals surface area contributed by atoms with E-state index in [2.05, 4.69) is 19.0 Å². The van der Waals surface area contributed by atoms with Crippen molar-refractivity contribution in [3.63, 3.8) is 0 Å². The van der Waals surface area contributed by atoms with Crippen LogP contribution in [0.25, 0.3) is 11.3 Å². The molecule has 0 fully saturated rings. The van der Waals surface area contributed by atoms with Crippen molar-refractivity contribution in [2.24, 2.45) is 11.7 Å². The Kier molecular flexibility index (Phi) is 4.58. The van der Waals surface area contributed by atoms with E-state index < -0.39 is 0 Å². The van der Waals surface area contributed by atoms with Crippen molar-refractivity contribution >= 4 is 0 Å². The molecule has 0 aliphatic heterocycles. The Morgan fingerprint density at radius 3 is 2.63 bits per heavy atom. The van der Waals surface area contributed by atoms with Crippen molar-refractivity contribution in [3.8, 4) is 17.1 Å². The summed E-state index contributed by atoms with van der Waals surface area (Å²) in [4.78, 5) is 0. The Balaban J connectivity index is 2.04. The lowest BCUT2D eigenvalue weighted by Gasteiger charge is -2.08. The quantitative estimate of drug-likeness (QED) is 0.867. The van der Waals surface area contributed by atoms with Crippen LogP contribution >= 0.6 is 0 Å². The Morgan fingerprint density at radius 1 is 1.26 bits per heavy atom. The molecule has 2 aromatic rings. The van der Waals surface area contributed by atoms with Crippen LogP contribution in [0.1, 0.15) is 19.5 Å². The van der Waals surface area contributed by atoms with E-state index in [1.165, 1.54) is 0 Å². The minimum Gasteiger partial charge on any atom is -0.493 e. The number of benzene rings is 1. The van der Waals surface area contributed by atoms with Crippen LogP contribution in [0.15, 0.2) is 34.9 Å². The average molecular weight is 260 g/mol. The molecule has 0 aliphatic carbocycles. The molecular weight excluding hydrogens is 240 g/mol. The second-order valence-electron chi connectivity index (χ2n) is 4.95. The molecule has 0 unspecified atom stereocenters. The Hall–Kier alpha value is -1.81. The summed E-state index contributed by atoms with van der Waals surface area (Å²) in [5.74, 6) is 2.16. The first kappa shape index (κ1) is 13.6. The maximum atomic E-state index is 5.64.